The topological polar surface area (TPSA) is 119 Å². The molecule has 100 valence electrons. The molecule has 0 aliphatic heterocycles. The summed E-state index contributed by atoms with van der Waals surface area (Å²) in [6, 6.07) is 5.26. The summed E-state index contributed by atoms with van der Waals surface area (Å²) in [6.07, 6.45) is 1.93. The number of nitrogens with zero attached hydrogens (tertiary/aromatic N) is 3. The molecule has 6 nitrogen and oxygen atoms in total. The van der Waals surface area contributed by atoms with E-state index >= 15 is 0 Å². The van der Waals surface area contributed by atoms with E-state index in [-0.39, 0.29) is 5.15 Å². The van der Waals surface area contributed by atoms with Gasteiger partial charge in [0, 0.05) is 12.3 Å². The van der Waals surface area contributed by atoms with Gasteiger partial charge in [-0.2, -0.15) is 5.26 Å². The number of carbonyl (C=O) groups is 1. The predicted molar refractivity (Wildman–Crippen MR) is 73.6 cm³/mol. The van der Waals surface area contributed by atoms with Crippen LogP contribution in [-0.2, 0) is 10.2 Å². The number of fused-ring (bicyclic) bond motifs is 1. The normalized spacial score (nSPS) is 24.3. The van der Waals surface area contributed by atoms with Crippen LogP contribution in [0.1, 0.15) is 12.0 Å². The number of halogens is 1. The summed E-state index contributed by atoms with van der Waals surface area (Å²) >= 11 is 5.86. The number of carbonyl (C=O) groups excluding carboxylic acids is 1. The molecule has 2 aromatic heterocycles. The second-order valence-corrected chi connectivity index (χ2v) is 5.23. The standard InChI is InChI=1S/C13H10ClN5O/c14-10-2-8(16)11-9(19-10)1-6(5-18-11)13(12(17)20)3-7(13)4-15/h1-2,5,7H,3H2,(H2,16,19)(H2,17,20). The Bertz CT molecular complexity index is 784. The lowest BCUT2D eigenvalue weighted by molar-refractivity contribution is -0.120. The molecule has 0 spiro atoms. The summed E-state index contributed by atoms with van der Waals surface area (Å²) in [4.78, 5) is 20.0. The molecule has 1 aliphatic rings. The van der Waals surface area contributed by atoms with Crippen LogP contribution >= 0.6 is 11.6 Å². The van der Waals surface area contributed by atoms with Crippen LogP contribution < -0.4 is 11.5 Å². The molecule has 1 saturated carbocycles. The lowest BCUT2D eigenvalue weighted by atomic mass is 9.93. The summed E-state index contributed by atoms with van der Waals surface area (Å²) in [7, 11) is 0. The maximum Gasteiger partial charge on any atom is 0.229 e. The molecule has 3 rings (SSSR count). The first-order chi connectivity index (χ1) is 9.49. The van der Waals surface area contributed by atoms with Gasteiger partial charge < -0.3 is 11.5 Å². The molecule has 4 N–H and O–H groups in total. The number of hydrogen-bond donors (Lipinski definition) is 2. The minimum atomic E-state index is -0.964. The Kier molecular flexibility index (Phi) is 2.56. The van der Waals surface area contributed by atoms with Crippen LogP contribution in [0.4, 0.5) is 5.69 Å². The zero-order valence-electron chi connectivity index (χ0n) is 10.3. The molecule has 1 aliphatic carbocycles. The summed E-state index contributed by atoms with van der Waals surface area (Å²) in [5.41, 5.74) is 12.3. The Morgan fingerprint density at radius 3 is 2.90 bits per heavy atom. The lowest BCUT2D eigenvalue weighted by Crippen LogP contribution is -2.30. The maximum absolute atomic E-state index is 11.7. The number of aromatic nitrogens is 2. The number of nitrogens with two attached hydrogens (primary N) is 2. The van der Waals surface area contributed by atoms with Crippen LogP contribution in [0.2, 0.25) is 5.15 Å². The van der Waals surface area contributed by atoms with Gasteiger partial charge in [0.05, 0.1) is 28.6 Å². The van der Waals surface area contributed by atoms with Gasteiger partial charge in [-0.25, -0.2) is 4.98 Å². The number of pyridine rings is 2. The molecule has 0 saturated heterocycles. The summed E-state index contributed by atoms with van der Waals surface area (Å²) in [6.45, 7) is 0. The molecule has 2 aromatic rings. The van der Waals surface area contributed by atoms with Crippen molar-refractivity contribution in [1.82, 2.24) is 9.97 Å². The van der Waals surface area contributed by atoms with E-state index in [9.17, 15) is 4.79 Å². The monoisotopic (exact) mass is 287 g/mol. The quantitative estimate of drug-likeness (QED) is 0.803. The van der Waals surface area contributed by atoms with E-state index in [1.165, 1.54) is 12.3 Å². The molecule has 2 heterocycles. The van der Waals surface area contributed by atoms with Gasteiger partial charge in [0.1, 0.15) is 10.7 Å². The largest absolute Gasteiger partial charge is 0.397 e. The Morgan fingerprint density at radius 2 is 2.30 bits per heavy atom. The van der Waals surface area contributed by atoms with E-state index in [0.29, 0.717) is 28.7 Å². The molecular formula is C13H10ClN5O. The number of hydrogen-bond acceptors (Lipinski definition) is 5. The highest BCUT2D eigenvalue weighted by Crippen LogP contribution is 2.53. The Labute approximate surface area is 119 Å². The first kappa shape index (κ1) is 12.6. The van der Waals surface area contributed by atoms with Crippen molar-refractivity contribution in [1.29, 1.82) is 5.26 Å². The fourth-order valence-electron chi connectivity index (χ4n) is 2.50. The fourth-order valence-corrected chi connectivity index (χ4v) is 2.71. The fraction of sp³-hybridized carbons (Fsp3) is 0.231. The van der Waals surface area contributed by atoms with E-state index < -0.39 is 17.2 Å². The molecule has 0 bridgehead atoms. The Hall–Kier alpha value is -2.39. The van der Waals surface area contributed by atoms with Gasteiger partial charge in [-0.1, -0.05) is 11.6 Å². The molecule has 0 aromatic carbocycles. The van der Waals surface area contributed by atoms with Gasteiger partial charge >= 0.3 is 0 Å². The van der Waals surface area contributed by atoms with E-state index in [0.717, 1.165) is 0 Å². The predicted octanol–water partition coefficient (Wildman–Crippen LogP) is 1.13. The van der Waals surface area contributed by atoms with Crippen molar-refractivity contribution in [2.75, 3.05) is 5.73 Å². The van der Waals surface area contributed by atoms with Crippen LogP contribution in [0.3, 0.4) is 0 Å². The molecule has 7 heteroatoms. The molecule has 1 fully saturated rings. The molecule has 2 unspecified atom stereocenters. The highest BCUT2D eigenvalue weighted by molar-refractivity contribution is 6.30. The van der Waals surface area contributed by atoms with E-state index in [1.807, 2.05) is 0 Å². The lowest BCUT2D eigenvalue weighted by Gasteiger charge is -2.12. The number of anilines is 1. The van der Waals surface area contributed by atoms with E-state index in [2.05, 4.69) is 16.0 Å². The number of nitriles is 1. The van der Waals surface area contributed by atoms with E-state index in [1.54, 1.807) is 6.07 Å². The summed E-state index contributed by atoms with van der Waals surface area (Å²) in [5.74, 6) is -0.948. The number of nitrogen functional groups attached to an aromatic ring is 1. The minimum absolute atomic E-state index is 0.245. The van der Waals surface area contributed by atoms with Gasteiger partial charge in [-0.3, -0.25) is 9.78 Å². The van der Waals surface area contributed by atoms with Gasteiger partial charge in [-0.05, 0) is 18.1 Å². The third kappa shape index (κ3) is 1.60. The van der Waals surface area contributed by atoms with Crippen molar-refractivity contribution in [2.45, 2.75) is 11.8 Å². The Morgan fingerprint density at radius 1 is 1.55 bits per heavy atom. The van der Waals surface area contributed by atoms with Crippen molar-refractivity contribution in [3.8, 4) is 6.07 Å². The van der Waals surface area contributed by atoms with Gasteiger partial charge in [0.25, 0.3) is 0 Å². The van der Waals surface area contributed by atoms with Gasteiger partial charge in [0.2, 0.25) is 5.91 Å². The Balaban J connectivity index is 2.20. The van der Waals surface area contributed by atoms with Crippen molar-refractivity contribution >= 4 is 34.2 Å². The molecular weight excluding hydrogens is 278 g/mol. The molecule has 0 radical (unpaired) electrons. The van der Waals surface area contributed by atoms with Crippen LogP contribution in [0.25, 0.3) is 11.0 Å². The highest BCUT2D eigenvalue weighted by atomic mass is 35.5. The molecule has 20 heavy (non-hydrogen) atoms. The van der Waals surface area contributed by atoms with Crippen LogP contribution in [-0.4, -0.2) is 15.9 Å². The SMILES string of the molecule is N#CC1CC1(C(N)=O)c1cnc2c(N)cc(Cl)nc2c1. The second kappa shape index (κ2) is 4.05. The summed E-state index contributed by atoms with van der Waals surface area (Å²) in [5, 5.41) is 9.26. The first-order valence-corrected chi connectivity index (χ1v) is 6.28. The van der Waals surface area contributed by atoms with Crippen molar-refractivity contribution < 1.29 is 4.79 Å². The average Bonchev–Trinajstić information content (AvgIpc) is 3.13. The second-order valence-electron chi connectivity index (χ2n) is 4.85. The number of amides is 1. The van der Waals surface area contributed by atoms with Crippen molar-refractivity contribution in [2.24, 2.45) is 11.7 Å². The smallest absolute Gasteiger partial charge is 0.229 e. The highest BCUT2D eigenvalue weighted by Gasteiger charge is 2.61. The maximum atomic E-state index is 11.7. The van der Waals surface area contributed by atoms with Gasteiger partial charge in [-0.15, -0.1) is 0 Å². The number of primary amides is 1. The third-order valence-corrected chi connectivity index (χ3v) is 3.91. The van der Waals surface area contributed by atoms with Gasteiger partial charge in [0.15, 0.2) is 0 Å². The average molecular weight is 288 g/mol. The molecule has 2 atom stereocenters. The van der Waals surface area contributed by atoms with E-state index in [4.69, 9.17) is 28.3 Å². The van der Waals surface area contributed by atoms with Crippen molar-refractivity contribution in [3.05, 3.63) is 29.0 Å². The first-order valence-electron chi connectivity index (χ1n) is 5.91. The zero-order chi connectivity index (χ0) is 14.5. The number of rotatable bonds is 2. The minimum Gasteiger partial charge on any atom is -0.397 e. The zero-order valence-corrected chi connectivity index (χ0v) is 11.1. The van der Waals surface area contributed by atoms with Crippen LogP contribution in [0, 0.1) is 17.2 Å². The van der Waals surface area contributed by atoms with Crippen molar-refractivity contribution in [3.63, 3.8) is 0 Å². The molecule has 1 amide bonds. The van der Waals surface area contributed by atoms with Crippen LogP contribution in [0.15, 0.2) is 18.3 Å². The third-order valence-electron chi connectivity index (χ3n) is 3.71. The van der Waals surface area contributed by atoms with Crippen LogP contribution in [0.5, 0.6) is 0 Å². The summed E-state index contributed by atoms with van der Waals surface area (Å²) < 4.78 is 0.